The van der Waals surface area contributed by atoms with Crippen LogP contribution in [0.1, 0.15) is 16.7 Å². The lowest BCUT2D eigenvalue weighted by atomic mass is 9.97. The number of rotatable bonds is 4. The lowest BCUT2D eigenvalue weighted by Gasteiger charge is -2.28. The second kappa shape index (κ2) is 8.90. The number of pyridine rings is 2. The number of alkyl halides is 3. The number of aliphatic imine (C=N–C) groups is 1. The summed E-state index contributed by atoms with van der Waals surface area (Å²) in [5.74, 6) is 0.701. The van der Waals surface area contributed by atoms with Gasteiger partial charge in [-0.25, -0.2) is 9.98 Å². The van der Waals surface area contributed by atoms with Crippen molar-refractivity contribution in [2.45, 2.75) is 19.6 Å². The molecule has 0 aliphatic carbocycles. The normalized spacial score (nSPS) is 14.5. The van der Waals surface area contributed by atoms with Gasteiger partial charge in [0.05, 0.1) is 27.5 Å². The van der Waals surface area contributed by atoms with Crippen LogP contribution in [0.2, 0.25) is 5.02 Å². The molecule has 12 heteroatoms. The number of hydrogen-bond acceptors (Lipinski definition) is 7. The van der Waals surface area contributed by atoms with Crippen LogP contribution >= 0.6 is 11.6 Å². The van der Waals surface area contributed by atoms with Crippen LogP contribution in [0.3, 0.4) is 0 Å². The highest BCUT2D eigenvalue weighted by Crippen LogP contribution is 2.47. The Hall–Kier alpha value is -3.99. The molecule has 0 bridgehead atoms. The molecule has 3 N–H and O–H groups in total. The van der Waals surface area contributed by atoms with Crippen LogP contribution in [0.4, 0.5) is 24.7 Å². The maximum absolute atomic E-state index is 14.0. The summed E-state index contributed by atoms with van der Waals surface area (Å²) >= 11 is 6.70. The van der Waals surface area contributed by atoms with E-state index in [-0.39, 0.29) is 45.6 Å². The third-order valence-electron chi connectivity index (χ3n) is 5.90. The van der Waals surface area contributed by atoms with E-state index >= 15 is 0 Å². The van der Waals surface area contributed by atoms with Gasteiger partial charge in [-0.1, -0.05) is 17.7 Å². The first kappa shape index (κ1) is 23.7. The Bertz CT molecular complexity index is 1480. The molecule has 0 saturated carbocycles. The number of nitrogens with zero attached hydrogens (tertiary/aromatic N) is 4. The fourth-order valence-electron chi connectivity index (χ4n) is 4.33. The van der Waals surface area contributed by atoms with E-state index in [1.54, 1.807) is 34.0 Å². The van der Waals surface area contributed by atoms with E-state index in [1.165, 1.54) is 31.4 Å². The first-order valence-electron chi connectivity index (χ1n) is 10.9. The SMILES string of the molecule is Cc1cc(N)nc(-c2cc3c4c(c2Cl)NCN=C4N(CCn2ccccc2=O)C=CO3)c1C(F)(F)F. The summed E-state index contributed by atoms with van der Waals surface area (Å²) in [6.07, 6.45) is 0.0661. The smallest absolute Gasteiger partial charge is 0.418 e. The van der Waals surface area contributed by atoms with Crippen LogP contribution < -0.4 is 21.3 Å². The number of nitrogens with two attached hydrogens (primary N) is 1. The fraction of sp³-hybridized carbons (Fsp3) is 0.208. The minimum Gasteiger partial charge on any atom is -0.463 e. The van der Waals surface area contributed by atoms with Crippen LogP contribution in [0.5, 0.6) is 5.75 Å². The van der Waals surface area contributed by atoms with E-state index in [4.69, 9.17) is 22.1 Å². The van der Waals surface area contributed by atoms with Crippen LogP contribution in [0.15, 0.2) is 58.8 Å². The molecule has 0 spiro atoms. The van der Waals surface area contributed by atoms with Gasteiger partial charge >= 0.3 is 6.18 Å². The molecule has 2 aliphatic heterocycles. The second-order valence-electron chi connectivity index (χ2n) is 8.22. The molecule has 5 rings (SSSR count). The van der Waals surface area contributed by atoms with Crippen molar-refractivity contribution >= 4 is 28.9 Å². The zero-order valence-electron chi connectivity index (χ0n) is 18.9. The van der Waals surface area contributed by atoms with E-state index in [0.717, 1.165) is 0 Å². The lowest BCUT2D eigenvalue weighted by molar-refractivity contribution is -0.137. The van der Waals surface area contributed by atoms with E-state index in [1.807, 2.05) is 0 Å². The van der Waals surface area contributed by atoms with Gasteiger partial charge in [0.2, 0.25) is 0 Å². The quantitative estimate of drug-likeness (QED) is 0.531. The Balaban J connectivity index is 1.61. The van der Waals surface area contributed by atoms with Crippen molar-refractivity contribution < 1.29 is 17.9 Å². The Morgan fingerprint density at radius 1 is 1.25 bits per heavy atom. The maximum Gasteiger partial charge on any atom is 0.418 e. The number of nitrogens with one attached hydrogen (secondary N) is 1. The first-order chi connectivity index (χ1) is 17.1. The van der Waals surface area contributed by atoms with Crippen molar-refractivity contribution in [2.24, 2.45) is 4.99 Å². The third kappa shape index (κ3) is 4.15. The topological polar surface area (TPSA) is 97.8 Å². The molecule has 0 amide bonds. The van der Waals surface area contributed by atoms with Gasteiger partial charge in [-0.15, -0.1) is 0 Å². The molecule has 0 unspecified atom stereocenters. The molecule has 0 atom stereocenters. The minimum atomic E-state index is -4.68. The van der Waals surface area contributed by atoms with Gasteiger partial charge in [0.1, 0.15) is 30.3 Å². The fourth-order valence-corrected chi connectivity index (χ4v) is 4.64. The molecule has 2 aromatic heterocycles. The summed E-state index contributed by atoms with van der Waals surface area (Å²) in [6.45, 7) is 2.21. The summed E-state index contributed by atoms with van der Waals surface area (Å²) in [6, 6.07) is 7.49. The monoisotopic (exact) mass is 516 g/mol. The van der Waals surface area contributed by atoms with Gasteiger partial charge in [0, 0.05) is 37.1 Å². The molecule has 8 nitrogen and oxygen atoms in total. The highest BCUT2D eigenvalue weighted by molar-refractivity contribution is 6.37. The number of anilines is 2. The summed E-state index contributed by atoms with van der Waals surface area (Å²) in [5.41, 5.74) is 5.19. The molecular formula is C24H20ClF3N6O2. The zero-order chi connectivity index (χ0) is 25.6. The van der Waals surface area contributed by atoms with Crippen molar-refractivity contribution in [1.82, 2.24) is 14.5 Å². The summed E-state index contributed by atoms with van der Waals surface area (Å²) in [7, 11) is 0. The standard InChI is InChI=1S/C24H20ClF3N6O2/c1-13-10-16(29)32-21(19(13)24(26,27)28)14-11-15-18-22(20(14)25)30-12-31-23(18)34(8-9-36-15)7-6-33-5-3-2-4-17(33)35/h2-5,8-11,30H,6-7,12H2,1H3,(H2,29,32). The maximum atomic E-state index is 14.0. The highest BCUT2D eigenvalue weighted by Gasteiger charge is 2.38. The van der Waals surface area contributed by atoms with Crippen molar-refractivity contribution in [3.8, 4) is 17.0 Å². The Kier molecular flexibility index (Phi) is 5.87. The average molecular weight is 517 g/mol. The number of aromatic nitrogens is 2. The van der Waals surface area contributed by atoms with Crippen molar-refractivity contribution in [3.05, 3.63) is 81.1 Å². The minimum absolute atomic E-state index is 0.0274. The largest absolute Gasteiger partial charge is 0.463 e. The molecule has 0 fully saturated rings. The lowest BCUT2D eigenvalue weighted by Crippen LogP contribution is -2.34. The number of aryl methyl sites for hydroxylation is 1. The zero-order valence-corrected chi connectivity index (χ0v) is 19.7. The van der Waals surface area contributed by atoms with Gasteiger partial charge in [-0.05, 0) is 30.7 Å². The van der Waals surface area contributed by atoms with Crippen LogP contribution in [0, 0.1) is 6.92 Å². The first-order valence-corrected chi connectivity index (χ1v) is 11.3. The number of amidine groups is 1. The third-order valence-corrected chi connectivity index (χ3v) is 6.29. The number of benzene rings is 1. The van der Waals surface area contributed by atoms with E-state index in [2.05, 4.69) is 15.3 Å². The number of nitrogen functional groups attached to an aromatic ring is 1. The summed E-state index contributed by atoms with van der Waals surface area (Å²) < 4.78 is 49.3. The van der Waals surface area contributed by atoms with E-state index < -0.39 is 11.7 Å². The molecule has 3 aromatic rings. The predicted octanol–water partition coefficient (Wildman–Crippen LogP) is 4.47. The Morgan fingerprint density at radius 2 is 2.06 bits per heavy atom. The molecular weight excluding hydrogens is 497 g/mol. The molecule has 186 valence electrons. The number of ether oxygens (including phenoxy) is 1. The molecule has 1 aromatic carbocycles. The summed E-state index contributed by atoms with van der Waals surface area (Å²) in [4.78, 5) is 22.4. The average Bonchev–Trinajstić information content (AvgIpc) is 2.99. The molecule has 36 heavy (non-hydrogen) atoms. The predicted molar refractivity (Wildman–Crippen MR) is 131 cm³/mol. The van der Waals surface area contributed by atoms with Crippen LogP contribution in [-0.2, 0) is 12.7 Å². The number of halogens is 4. The molecule has 0 saturated heterocycles. The van der Waals surface area contributed by atoms with Crippen LogP contribution in [0.25, 0.3) is 11.3 Å². The van der Waals surface area contributed by atoms with Crippen molar-refractivity contribution in [1.29, 1.82) is 0 Å². The van der Waals surface area contributed by atoms with E-state index in [0.29, 0.717) is 30.2 Å². The van der Waals surface area contributed by atoms with Crippen LogP contribution in [-0.4, -0.2) is 33.5 Å². The number of hydrogen-bond donors (Lipinski definition) is 2. The van der Waals surface area contributed by atoms with Gasteiger partial charge < -0.3 is 25.3 Å². The Morgan fingerprint density at radius 3 is 2.81 bits per heavy atom. The van der Waals surface area contributed by atoms with Gasteiger partial charge in [-0.3, -0.25) is 4.79 Å². The van der Waals surface area contributed by atoms with Crippen molar-refractivity contribution in [2.75, 3.05) is 24.3 Å². The van der Waals surface area contributed by atoms with Gasteiger partial charge in [0.15, 0.2) is 0 Å². The molecule has 0 radical (unpaired) electrons. The van der Waals surface area contributed by atoms with Gasteiger partial charge in [0.25, 0.3) is 5.56 Å². The summed E-state index contributed by atoms with van der Waals surface area (Å²) in [5, 5.41) is 3.09. The highest BCUT2D eigenvalue weighted by atomic mass is 35.5. The van der Waals surface area contributed by atoms with Gasteiger partial charge in [-0.2, -0.15) is 13.2 Å². The molecule has 4 heterocycles. The molecule has 2 aliphatic rings. The van der Waals surface area contributed by atoms with E-state index in [9.17, 15) is 18.0 Å². The Labute approximate surface area is 208 Å². The van der Waals surface area contributed by atoms with Crippen molar-refractivity contribution in [3.63, 3.8) is 0 Å². The second-order valence-corrected chi connectivity index (χ2v) is 8.59.